The molecule has 1 heterocycles. The van der Waals surface area contributed by atoms with Crippen LogP contribution in [0.1, 0.15) is 31.0 Å². The number of pyridine rings is 1. The summed E-state index contributed by atoms with van der Waals surface area (Å²) in [5, 5.41) is 0. The van der Waals surface area contributed by atoms with Gasteiger partial charge >= 0.3 is 0 Å². The summed E-state index contributed by atoms with van der Waals surface area (Å²) < 4.78 is 0. The van der Waals surface area contributed by atoms with E-state index in [4.69, 9.17) is 11.5 Å². The lowest BCUT2D eigenvalue weighted by molar-refractivity contribution is 0.584. The first-order chi connectivity index (χ1) is 6.25. The molecular formula is C10H15N3. The Balaban J connectivity index is 2.04. The molecule has 1 atom stereocenters. The topological polar surface area (TPSA) is 64.9 Å². The standard InChI is InChI=1S/C10H15N3/c11-8-3-4-13-10(6-8)9(12)5-7-1-2-7/h3-4,6-7,9H,1-2,5,12H2,(H2,11,13)/t9-/m0/s1. The van der Waals surface area contributed by atoms with Gasteiger partial charge in [-0.25, -0.2) is 0 Å². The summed E-state index contributed by atoms with van der Waals surface area (Å²) in [4.78, 5) is 4.22. The summed E-state index contributed by atoms with van der Waals surface area (Å²) in [6.45, 7) is 0. The lowest BCUT2D eigenvalue weighted by atomic mass is 10.1. The van der Waals surface area contributed by atoms with E-state index in [-0.39, 0.29) is 6.04 Å². The van der Waals surface area contributed by atoms with E-state index in [0.717, 1.165) is 23.7 Å². The molecule has 0 bridgehead atoms. The quantitative estimate of drug-likeness (QED) is 0.734. The van der Waals surface area contributed by atoms with E-state index >= 15 is 0 Å². The van der Waals surface area contributed by atoms with Gasteiger partial charge in [0, 0.05) is 17.9 Å². The number of rotatable bonds is 3. The van der Waals surface area contributed by atoms with Crippen molar-refractivity contribution in [1.82, 2.24) is 4.98 Å². The number of nitrogen functional groups attached to an aromatic ring is 1. The predicted octanol–water partition coefficient (Wildman–Crippen LogP) is 1.46. The van der Waals surface area contributed by atoms with Crippen LogP contribution in [-0.2, 0) is 0 Å². The van der Waals surface area contributed by atoms with Gasteiger partial charge in [0.25, 0.3) is 0 Å². The molecule has 0 amide bonds. The molecule has 0 unspecified atom stereocenters. The molecule has 1 aromatic rings. The highest BCUT2D eigenvalue weighted by Crippen LogP contribution is 2.36. The minimum absolute atomic E-state index is 0.0657. The molecule has 1 aromatic heterocycles. The van der Waals surface area contributed by atoms with Crippen LogP contribution in [0.5, 0.6) is 0 Å². The van der Waals surface area contributed by atoms with Gasteiger partial charge in [-0.2, -0.15) is 0 Å². The van der Waals surface area contributed by atoms with Crippen LogP contribution in [0.4, 0.5) is 5.69 Å². The first-order valence-corrected chi connectivity index (χ1v) is 4.72. The first-order valence-electron chi connectivity index (χ1n) is 4.72. The maximum absolute atomic E-state index is 5.99. The van der Waals surface area contributed by atoms with Gasteiger partial charge in [0.15, 0.2) is 0 Å². The van der Waals surface area contributed by atoms with Gasteiger partial charge in [-0.15, -0.1) is 0 Å². The molecule has 0 aromatic carbocycles. The van der Waals surface area contributed by atoms with E-state index in [9.17, 15) is 0 Å². The van der Waals surface area contributed by atoms with E-state index in [0.29, 0.717) is 0 Å². The third kappa shape index (κ3) is 2.18. The molecule has 1 aliphatic carbocycles. The zero-order valence-electron chi connectivity index (χ0n) is 7.61. The van der Waals surface area contributed by atoms with Gasteiger partial charge < -0.3 is 11.5 Å². The van der Waals surface area contributed by atoms with Crippen LogP contribution in [0.15, 0.2) is 18.3 Å². The molecule has 2 rings (SSSR count). The van der Waals surface area contributed by atoms with Gasteiger partial charge in [0.05, 0.1) is 5.69 Å². The Labute approximate surface area is 78.1 Å². The summed E-state index contributed by atoms with van der Waals surface area (Å²) in [5.41, 5.74) is 13.3. The van der Waals surface area contributed by atoms with Gasteiger partial charge in [-0.3, -0.25) is 4.98 Å². The van der Waals surface area contributed by atoms with E-state index in [2.05, 4.69) is 4.98 Å². The first kappa shape index (κ1) is 8.51. The zero-order chi connectivity index (χ0) is 9.26. The second-order valence-electron chi connectivity index (χ2n) is 3.80. The molecule has 0 saturated heterocycles. The molecule has 1 saturated carbocycles. The summed E-state index contributed by atoms with van der Waals surface area (Å²) in [7, 11) is 0. The fraction of sp³-hybridized carbons (Fsp3) is 0.500. The second-order valence-corrected chi connectivity index (χ2v) is 3.80. The molecule has 13 heavy (non-hydrogen) atoms. The van der Waals surface area contributed by atoms with Crippen LogP contribution in [0.3, 0.4) is 0 Å². The van der Waals surface area contributed by atoms with E-state index < -0.39 is 0 Å². The lowest BCUT2D eigenvalue weighted by Gasteiger charge is -2.10. The van der Waals surface area contributed by atoms with Crippen molar-refractivity contribution in [2.75, 3.05) is 5.73 Å². The minimum atomic E-state index is 0.0657. The highest BCUT2D eigenvalue weighted by atomic mass is 14.8. The Bertz CT molecular complexity index is 294. The molecule has 0 aliphatic heterocycles. The molecule has 3 heteroatoms. The summed E-state index contributed by atoms with van der Waals surface area (Å²) in [6.07, 6.45) is 5.43. The van der Waals surface area contributed by atoms with Crippen molar-refractivity contribution >= 4 is 5.69 Å². The molecule has 1 aliphatic rings. The Morgan fingerprint density at radius 1 is 1.54 bits per heavy atom. The Morgan fingerprint density at radius 2 is 2.31 bits per heavy atom. The molecule has 0 radical (unpaired) electrons. The largest absolute Gasteiger partial charge is 0.399 e. The molecular weight excluding hydrogens is 162 g/mol. The smallest absolute Gasteiger partial charge is 0.0591 e. The number of nitrogens with two attached hydrogens (primary N) is 2. The van der Waals surface area contributed by atoms with Crippen LogP contribution in [0.25, 0.3) is 0 Å². The average Bonchev–Trinajstić information content (AvgIpc) is 2.88. The Kier molecular flexibility index (Phi) is 2.19. The monoisotopic (exact) mass is 177 g/mol. The molecule has 70 valence electrons. The molecule has 3 nitrogen and oxygen atoms in total. The van der Waals surface area contributed by atoms with Crippen LogP contribution < -0.4 is 11.5 Å². The number of anilines is 1. The van der Waals surface area contributed by atoms with Crippen LogP contribution in [0, 0.1) is 5.92 Å². The highest BCUT2D eigenvalue weighted by Gasteiger charge is 2.24. The third-order valence-corrected chi connectivity index (χ3v) is 2.47. The van der Waals surface area contributed by atoms with Gasteiger partial charge in [0.2, 0.25) is 0 Å². The summed E-state index contributed by atoms with van der Waals surface area (Å²) in [5.74, 6) is 0.832. The second kappa shape index (κ2) is 3.34. The molecule has 0 spiro atoms. The van der Waals surface area contributed by atoms with Gasteiger partial charge in [-0.1, -0.05) is 12.8 Å². The zero-order valence-corrected chi connectivity index (χ0v) is 7.61. The van der Waals surface area contributed by atoms with Crippen LogP contribution in [-0.4, -0.2) is 4.98 Å². The van der Waals surface area contributed by atoms with Crippen molar-refractivity contribution < 1.29 is 0 Å². The Morgan fingerprint density at radius 3 is 2.92 bits per heavy atom. The molecule has 1 fully saturated rings. The lowest BCUT2D eigenvalue weighted by Crippen LogP contribution is -2.12. The van der Waals surface area contributed by atoms with E-state index in [1.54, 1.807) is 12.3 Å². The van der Waals surface area contributed by atoms with Crippen molar-refractivity contribution in [1.29, 1.82) is 0 Å². The third-order valence-electron chi connectivity index (χ3n) is 2.47. The van der Waals surface area contributed by atoms with Crippen molar-refractivity contribution in [3.8, 4) is 0 Å². The highest BCUT2D eigenvalue weighted by molar-refractivity contribution is 5.37. The number of nitrogens with zero attached hydrogens (tertiary/aromatic N) is 1. The Hall–Kier alpha value is -1.09. The number of aromatic nitrogens is 1. The minimum Gasteiger partial charge on any atom is -0.399 e. The number of hydrogen-bond acceptors (Lipinski definition) is 3. The summed E-state index contributed by atoms with van der Waals surface area (Å²) >= 11 is 0. The van der Waals surface area contributed by atoms with Gasteiger partial charge in [0.1, 0.15) is 0 Å². The van der Waals surface area contributed by atoms with Crippen LogP contribution >= 0.6 is 0 Å². The molecule has 4 N–H and O–H groups in total. The normalized spacial score (nSPS) is 18.5. The number of hydrogen-bond donors (Lipinski definition) is 2. The maximum atomic E-state index is 5.99. The fourth-order valence-corrected chi connectivity index (χ4v) is 1.50. The maximum Gasteiger partial charge on any atom is 0.0591 e. The van der Waals surface area contributed by atoms with Gasteiger partial charge in [-0.05, 0) is 24.5 Å². The van der Waals surface area contributed by atoms with Crippen molar-refractivity contribution in [2.45, 2.75) is 25.3 Å². The van der Waals surface area contributed by atoms with E-state index in [1.165, 1.54) is 12.8 Å². The summed E-state index contributed by atoms with van der Waals surface area (Å²) in [6, 6.07) is 3.72. The average molecular weight is 177 g/mol. The van der Waals surface area contributed by atoms with Crippen LogP contribution in [0.2, 0.25) is 0 Å². The predicted molar refractivity (Wildman–Crippen MR) is 52.9 cm³/mol. The van der Waals surface area contributed by atoms with Crippen molar-refractivity contribution in [3.05, 3.63) is 24.0 Å². The van der Waals surface area contributed by atoms with E-state index in [1.807, 2.05) is 6.07 Å². The SMILES string of the molecule is Nc1ccnc([C@@H](N)CC2CC2)c1. The van der Waals surface area contributed by atoms with Crippen molar-refractivity contribution in [2.24, 2.45) is 11.7 Å². The van der Waals surface area contributed by atoms with Crippen molar-refractivity contribution in [3.63, 3.8) is 0 Å². The fourth-order valence-electron chi connectivity index (χ4n) is 1.50.